The van der Waals surface area contributed by atoms with Crippen LogP contribution in [-0.4, -0.2) is 6.61 Å². The van der Waals surface area contributed by atoms with Gasteiger partial charge in [0.1, 0.15) is 0 Å². The molecule has 0 unspecified atom stereocenters. The molecule has 4 aliphatic rings. The standard InChI is InChI=1S/C14H23O/c1-2-15-4-3-14-8-11-5-12(9-14)7-13(6-11)10-14/h2,11-13H,3-10H2,1H3. The van der Waals surface area contributed by atoms with Crippen LogP contribution in [0.1, 0.15) is 51.9 Å². The van der Waals surface area contributed by atoms with E-state index in [1.165, 1.54) is 25.7 Å². The molecule has 4 bridgehead atoms. The lowest BCUT2D eigenvalue weighted by molar-refractivity contribution is -0.0657. The summed E-state index contributed by atoms with van der Waals surface area (Å²) in [6, 6.07) is 0. The van der Waals surface area contributed by atoms with Crippen LogP contribution in [0.4, 0.5) is 0 Å². The van der Waals surface area contributed by atoms with Gasteiger partial charge in [-0.1, -0.05) is 0 Å². The van der Waals surface area contributed by atoms with Crippen LogP contribution in [0.25, 0.3) is 0 Å². The van der Waals surface area contributed by atoms with Gasteiger partial charge >= 0.3 is 0 Å². The Bertz CT molecular complexity index is 198. The Morgan fingerprint density at radius 2 is 1.60 bits per heavy atom. The minimum Gasteiger partial charge on any atom is -0.376 e. The second-order valence-corrected chi connectivity index (χ2v) is 6.27. The van der Waals surface area contributed by atoms with E-state index < -0.39 is 0 Å². The van der Waals surface area contributed by atoms with Gasteiger partial charge < -0.3 is 4.74 Å². The summed E-state index contributed by atoms with van der Waals surface area (Å²) >= 11 is 0. The van der Waals surface area contributed by atoms with E-state index in [4.69, 9.17) is 4.74 Å². The minimum absolute atomic E-state index is 0.706. The van der Waals surface area contributed by atoms with Crippen molar-refractivity contribution >= 4 is 0 Å². The molecule has 15 heavy (non-hydrogen) atoms. The van der Waals surface area contributed by atoms with Crippen molar-refractivity contribution in [3.63, 3.8) is 0 Å². The highest BCUT2D eigenvalue weighted by Crippen LogP contribution is 2.61. The summed E-state index contributed by atoms with van der Waals surface area (Å²) < 4.78 is 5.45. The van der Waals surface area contributed by atoms with Crippen LogP contribution in [0.15, 0.2) is 0 Å². The second kappa shape index (κ2) is 3.76. The Morgan fingerprint density at radius 3 is 2.07 bits per heavy atom. The molecule has 0 aliphatic heterocycles. The lowest BCUT2D eigenvalue weighted by Crippen LogP contribution is -2.46. The molecule has 4 rings (SSSR count). The van der Waals surface area contributed by atoms with Crippen molar-refractivity contribution in [2.24, 2.45) is 23.2 Å². The highest BCUT2D eigenvalue weighted by atomic mass is 16.5. The van der Waals surface area contributed by atoms with Gasteiger partial charge in [-0.15, -0.1) is 0 Å². The fourth-order valence-electron chi connectivity index (χ4n) is 4.99. The summed E-state index contributed by atoms with van der Waals surface area (Å²) in [5.74, 6) is 3.26. The molecular formula is C14H23O. The quantitative estimate of drug-likeness (QED) is 0.637. The molecule has 0 saturated heterocycles. The third-order valence-corrected chi connectivity index (χ3v) is 5.08. The van der Waals surface area contributed by atoms with Crippen LogP contribution >= 0.6 is 0 Å². The average molecular weight is 207 g/mol. The molecule has 0 N–H and O–H groups in total. The van der Waals surface area contributed by atoms with Crippen molar-refractivity contribution in [3.8, 4) is 0 Å². The number of rotatable bonds is 4. The van der Waals surface area contributed by atoms with E-state index in [0.29, 0.717) is 5.41 Å². The van der Waals surface area contributed by atoms with Crippen molar-refractivity contribution in [3.05, 3.63) is 6.61 Å². The monoisotopic (exact) mass is 207 g/mol. The molecule has 0 aromatic carbocycles. The summed E-state index contributed by atoms with van der Waals surface area (Å²) in [4.78, 5) is 0. The maximum absolute atomic E-state index is 5.45. The minimum atomic E-state index is 0.706. The van der Waals surface area contributed by atoms with Gasteiger partial charge in [-0.3, -0.25) is 0 Å². The van der Waals surface area contributed by atoms with Gasteiger partial charge in [0.15, 0.2) is 0 Å². The molecule has 0 heterocycles. The molecule has 4 aliphatic carbocycles. The first-order valence-corrected chi connectivity index (χ1v) is 6.69. The highest BCUT2D eigenvalue weighted by molar-refractivity contribution is 5.01. The molecule has 0 aromatic heterocycles. The van der Waals surface area contributed by atoms with Crippen molar-refractivity contribution in [2.45, 2.75) is 51.9 Å². The normalized spacial score (nSPS) is 47.4. The zero-order chi connectivity index (χ0) is 10.3. The number of ether oxygens (including phenoxy) is 1. The molecule has 0 atom stereocenters. The Balaban J connectivity index is 1.65. The van der Waals surface area contributed by atoms with Crippen molar-refractivity contribution < 1.29 is 4.74 Å². The largest absolute Gasteiger partial charge is 0.376 e. The molecule has 4 fully saturated rings. The number of hydrogen-bond donors (Lipinski definition) is 0. The van der Waals surface area contributed by atoms with Crippen LogP contribution in [-0.2, 0) is 4.74 Å². The van der Waals surface area contributed by atoms with Gasteiger partial charge in [0.2, 0.25) is 0 Å². The van der Waals surface area contributed by atoms with Crippen molar-refractivity contribution in [1.29, 1.82) is 0 Å². The van der Waals surface area contributed by atoms with Crippen LogP contribution in [0, 0.1) is 29.8 Å². The maximum atomic E-state index is 5.45. The third-order valence-electron chi connectivity index (χ3n) is 5.08. The first kappa shape index (κ1) is 10.1. The van der Waals surface area contributed by atoms with Gasteiger partial charge in [0.25, 0.3) is 0 Å². The van der Waals surface area contributed by atoms with Crippen LogP contribution in [0.2, 0.25) is 0 Å². The fraction of sp³-hybridized carbons (Fsp3) is 0.929. The molecule has 1 nitrogen and oxygen atoms in total. The Kier molecular flexibility index (Phi) is 2.54. The molecule has 0 spiro atoms. The zero-order valence-electron chi connectivity index (χ0n) is 9.87. The lowest BCUT2D eigenvalue weighted by atomic mass is 9.49. The van der Waals surface area contributed by atoms with E-state index in [-0.39, 0.29) is 0 Å². The maximum Gasteiger partial charge on any atom is 0.0805 e. The van der Waals surface area contributed by atoms with E-state index in [1.807, 2.05) is 13.5 Å². The molecule has 4 saturated carbocycles. The summed E-state index contributed by atoms with van der Waals surface area (Å²) in [5, 5.41) is 0. The first-order valence-electron chi connectivity index (χ1n) is 6.69. The van der Waals surface area contributed by atoms with Gasteiger partial charge in [-0.2, -0.15) is 0 Å². The second-order valence-electron chi connectivity index (χ2n) is 6.27. The van der Waals surface area contributed by atoms with E-state index in [9.17, 15) is 0 Å². The molecule has 0 aromatic rings. The van der Waals surface area contributed by atoms with E-state index in [1.54, 1.807) is 19.3 Å². The molecule has 1 heteroatoms. The molecule has 0 amide bonds. The van der Waals surface area contributed by atoms with Crippen LogP contribution in [0.3, 0.4) is 0 Å². The van der Waals surface area contributed by atoms with Crippen molar-refractivity contribution in [1.82, 2.24) is 0 Å². The SMILES string of the molecule is C[CH]OCCC12CC3CC(CC(C3)C1)C2. The highest BCUT2D eigenvalue weighted by Gasteiger charge is 2.50. The van der Waals surface area contributed by atoms with Gasteiger partial charge in [0, 0.05) is 6.61 Å². The lowest BCUT2D eigenvalue weighted by Gasteiger charge is -2.57. The summed E-state index contributed by atoms with van der Waals surface area (Å²) in [6.45, 7) is 4.79. The van der Waals surface area contributed by atoms with E-state index in [2.05, 4.69) is 0 Å². The molecule has 1 radical (unpaired) electrons. The smallest absolute Gasteiger partial charge is 0.0805 e. The molecule has 85 valence electrons. The Hall–Kier alpha value is -0.0400. The summed E-state index contributed by atoms with van der Waals surface area (Å²) in [7, 11) is 0. The predicted octanol–water partition coefficient (Wildman–Crippen LogP) is 3.79. The zero-order valence-corrected chi connectivity index (χ0v) is 9.87. The van der Waals surface area contributed by atoms with Gasteiger partial charge in [-0.05, 0) is 75.0 Å². The van der Waals surface area contributed by atoms with E-state index >= 15 is 0 Å². The van der Waals surface area contributed by atoms with Gasteiger partial charge in [-0.25, -0.2) is 0 Å². The van der Waals surface area contributed by atoms with Gasteiger partial charge in [0.05, 0.1) is 6.61 Å². The first-order chi connectivity index (χ1) is 7.30. The summed E-state index contributed by atoms with van der Waals surface area (Å²) in [5.41, 5.74) is 0.706. The predicted molar refractivity (Wildman–Crippen MR) is 61.1 cm³/mol. The Labute approximate surface area is 93.6 Å². The van der Waals surface area contributed by atoms with Crippen molar-refractivity contribution in [2.75, 3.05) is 6.61 Å². The van der Waals surface area contributed by atoms with E-state index in [0.717, 1.165) is 24.4 Å². The number of hydrogen-bond acceptors (Lipinski definition) is 1. The Morgan fingerprint density at radius 1 is 1.07 bits per heavy atom. The topological polar surface area (TPSA) is 9.23 Å². The van der Waals surface area contributed by atoms with Crippen LogP contribution < -0.4 is 0 Å². The summed E-state index contributed by atoms with van der Waals surface area (Å²) in [6.07, 6.45) is 10.5. The fourth-order valence-corrected chi connectivity index (χ4v) is 4.99. The molecular weight excluding hydrogens is 184 g/mol. The average Bonchev–Trinajstić information content (AvgIpc) is 2.15. The van der Waals surface area contributed by atoms with Crippen LogP contribution in [0.5, 0.6) is 0 Å². The third kappa shape index (κ3) is 1.84.